The number of hydrogen-bond donors (Lipinski definition) is 0. The van der Waals surface area contributed by atoms with Crippen LogP contribution in [-0.2, 0) is 17.7 Å². The number of halogens is 1. The molecule has 5 heteroatoms. The summed E-state index contributed by atoms with van der Waals surface area (Å²) in [5, 5.41) is 5.18. The normalized spacial score (nSPS) is 25.9. The van der Waals surface area contributed by atoms with Gasteiger partial charge >= 0.3 is 0 Å². The molecule has 2 rings (SSSR count). The summed E-state index contributed by atoms with van der Waals surface area (Å²) in [6.45, 7) is 4.70. The number of rotatable bonds is 4. The minimum Gasteiger partial charge on any atom is -0.381 e. The van der Waals surface area contributed by atoms with E-state index in [4.69, 9.17) is 4.74 Å². The number of aromatic nitrogens is 3. The fourth-order valence-electron chi connectivity index (χ4n) is 2.23. The van der Waals surface area contributed by atoms with E-state index < -0.39 is 0 Å². The third kappa shape index (κ3) is 2.46. The van der Waals surface area contributed by atoms with Gasteiger partial charge in [0.2, 0.25) is 0 Å². The van der Waals surface area contributed by atoms with Gasteiger partial charge < -0.3 is 4.74 Å². The largest absolute Gasteiger partial charge is 0.381 e. The van der Waals surface area contributed by atoms with Crippen molar-refractivity contribution in [3.63, 3.8) is 0 Å². The van der Waals surface area contributed by atoms with E-state index >= 15 is 0 Å². The maximum atomic E-state index is 5.61. The van der Waals surface area contributed by atoms with Crippen LogP contribution < -0.4 is 0 Å². The molecule has 4 nitrogen and oxygen atoms in total. The zero-order valence-electron chi connectivity index (χ0n) is 9.65. The van der Waals surface area contributed by atoms with Gasteiger partial charge in [-0.1, -0.05) is 15.9 Å². The van der Waals surface area contributed by atoms with Gasteiger partial charge in [0.05, 0.1) is 6.61 Å². The fourth-order valence-corrected chi connectivity index (χ4v) is 2.87. The number of ether oxygens (including phenoxy) is 1. The van der Waals surface area contributed by atoms with Crippen LogP contribution in [0.15, 0.2) is 6.33 Å². The van der Waals surface area contributed by atoms with Crippen LogP contribution in [0.5, 0.6) is 0 Å². The van der Waals surface area contributed by atoms with Crippen LogP contribution in [-0.4, -0.2) is 33.3 Å². The molecule has 0 aliphatic carbocycles. The third-order valence-corrected chi connectivity index (χ3v) is 4.41. The van der Waals surface area contributed by atoms with Crippen LogP contribution in [0, 0.1) is 5.41 Å². The lowest BCUT2D eigenvalue weighted by Crippen LogP contribution is -2.36. The summed E-state index contributed by atoms with van der Waals surface area (Å²) >= 11 is 3.62. The van der Waals surface area contributed by atoms with Crippen LogP contribution in [0.1, 0.15) is 25.6 Å². The van der Waals surface area contributed by atoms with Crippen LogP contribution >= 0.6 is 15.9 Å². The number of hydrogen-bond acceptors (Lipinski definition) is 3. The highest BCUT2D eigenvalue weighted by atomic mass is 79.9. The highest BCUT2D eigenvalue weighted by molar-refractivity contribution is 9.09. The molecule has 16 heavy (non-hydrogen) atoms. The topological polar surface area (TPSA) is 39.9 Å². The number of aryl methyl sites for hydroxylation is 1. The van der Waals surface area contributed by atoms with E-state index in [0.717, 1.165) is 43.8 Å². The summed E-state index contributed by atoms with van der Waals surface area (Å²) in [5.41, 5.74) is 0.207. The van der Waals surface area contributed by atoms with E-state index in [1.54, 1.807) is 6.33 Å². The van der Waals surface area contributed by atoms with Gasteiger partial charge in [-0.05, 0) is 19.8 Å². The molecule has 1 atom stereocenters. The van der Waals surface area contributed by atoms with Gasteiger partial charge in [-0.2, -0.15) is 5.10 Å². The smallest absolute Gasteiger partial charge is 0.138 e. The average Bonchev–Trinajstić information content (AvgIpc) is 2.77. The first-order chi connectivity index (χ1) is 7.79. The van der Waals surface area contributed by atoms with Crippen LogP contribution in [0.25, 0.3) is 0 Å². The van der Waals surface area contributed by atoms with E-state index in [1.165, 1.54) is 6.42 Å². The first-order valence-corrected chi connectivity index (χ1v) is 6.92. The molecule has 2 heterocycles. The summed E-state index contributed by atoms with van der Waals surface area (Å²) in [6.07, 6.45) is 4.94. The average molecular weight is 288 g/mol. The molecule has 90 valence electrons. The first kappa shape index (κ1) is 12.0. The molecule has 1 aromatic rings. The monoisotopic (exact) mass is 287 g/mol. The second-order valence-electron chi connectivity index (χ2n) is 4.46. The number of alkyl halides is 1. The van der Waals surface area contributed by atoms with Crippen molar-refractivity contribution < 1.29 is 4.74 Å². The second kappa shape index (κ2) is 5.27. The van der Waals surface area contributed by atoms with Crippen molar-refractivity contribution in [3.05, 3.63) is 12.2 Å². The van der Waals surface area contributed by atoms with E-state index in [9.17, 15) is 0 Å². The van der Waals surface area contributed by atoms with Gasteiger partial charge in [0.1, 0.15) is 12.2 Å². The SMILES string of the molecule is CCn1ncnc1CC1(CBr)CCCOC1. The standard InChI is InChI=1S/C11H18BrN3O/c1-2-15-10(13-9-14-15)6-11(7-12)4-3-5-16-8-11/h9H,2-8H2,1H3. The molecular formula is C11H18BrN3O. The van der Waals surface area contributed by atoms with Gasteiger partial charge in [0.15, 0.2) is 0 Å². The predicted molar refractivity (Wildman–Crippen MR) is 65.7 cm³/mol. The van der Waals surface area contributed by atoms with Crippen LogP contribution in [0.2, 0.25) is 0 Å². The molecule has 0 aromatic carbocycles. The van der Waals surface area contributed by atoms with E-state index in [1.807, 2.05) is 4.68 Å². The lowest BCUT2D eigenvalue weighted by atomic mass is 9.81. The highest BCUT2D eigenvalue weighted by Gasteiger charge is 2.33. The Balaban J connectivity index is 2.11. The second-order valence-corrected chi connectivity index (χ2v) is 5.02. The molecule has 1 aromatic heterocycles. The van der Waals surface area contributed by atoms with Gasteiger partial charge in [0.25, 0.3) is 0 Å². The summed E-state index contributed by atoms with van der Waals surface area (Å²) in [7, 11) is 0. The third-order valence-electron chi connectivity index (χ3n) is 3.22. The molecule has 0 radical (unpaired) electrons. The predicted octanol–water partition coefficient (Wildman–Crippen LogP) is 2.03. The van der Waals surface area contributed by atoms with Crippen molar-refractivity contribution in [2.45, 2.75) is 32.7 Å². The molecule has 0 bridgehead atoms. The minimum atomic E-state index is 0.207. The Kier molecular flexibility index (Phi) is 3.97. The van der Waals surface area contributed by atoms with Crippen molar-refractivity contribution in [1.82, 2.24) is 14.8 Å². The minimum absolute atomic E-state index is 0.207. The molecule has 1 saturated heterocycles. The zero-order chi connectivity index (χ0) is 11.4. The molecule has 1 aliphatic heterocycles. The van der Waals surface area contributed by atoms with Crippen LogP contribution in [0.4, 0.5) is 0 Å². The highest BCUT2D eigenvalue weighted by Crippen LogP contribution is 2.33. The van der Waals surface area contributed by atoms with E-state index in [2.05, 4.69) is 32.9 Å². The van der Waals surface area contributed by atoms with Gasteiger partial charge in [0, 0.05) is 30.3 Å². The van der Waals surface area contributed by atoms with E-state index in [0.29, 0.717) is 0 Å². The maximum absolute atomic E-state index is 5.61. The lowest BCUT2D eigenvalue weighted by molar-refractivity contribution is 0.00469. The molecule has 0 amide bonds. The van der Waals surface area contributed by atoms with Crippen molar-refractivity contribution in [3.8, 4) is 0 Å². The molecule has 1 unspecified atom stereocenters. The van der Waals surface area contributed by atoms with Gasteiger partial charge in [-0.25, -0.2) is 4.98 Å². The summed E-state index contributed by atoms with van der Waals surface area (Å²) in [6, 6.07) is 0. The Morgan fingerprint density at radius 2 is 2.50 bits per heavy atom. The molecule has 1 aliphatic rings. The van der Waals surface area contributed by atoms with Crippen molar-refractivity contribution in [2.75, 3.05) is 18.5 Å². The van der Waals surface area contributed by atoms with Crippen molar-refractivity contribution >= 4 is 15.9 Å². The summed E-state index contributed by atoms with van der Waals surface area (Å²) < 4.78 is 7.58. The molecular weight excluding hydrogens is 270 g/mol. The van der Waals surface area contributed by atoms with Crippen LogP contribution in [0.3, 0.4) is 0 Å². The van der Waals surface area contributed by atoms with E-state index in [-0.39, 0.29) is 5.41 Å². The number of nitrogens with zero attached hydrogens (tertiary/aromatic N) is 3. The first-order valence-electron chi connectivity index (χ1n) is 5.80. The quantitative estimate of drug-likeness (QED) is 0.796. The van der Waals surface area contributed by atoms with Gasteiger partial charge in [-0.3, -0.25) is 4.68 Å². The summed E-state index contributed by atoms with van der Waals surface area (Å²) in [5.74, 6) is 1.08. The zero-order valence-corrected chi connectivity index (χ0v) is 11.2. The van der Waals surface area contributed by atoms with Crippen molar-refractivity contribution in [2.24, 2.45) is 5.41 Å². The Morgan fingerprint density at radius 3 is 3.12 bits per heavy atom. The Bertz CT molecular complexity index is 334. The molecule has 0 N–H and O–H groups in total. The fraction of sp³-hybridized carbons (Fsp3) is 0.818. The van der Waals surface area contributed by atoms with Gasteiger partial charge in [-0.15, -0.1) is 0 Å². The van der Waals surface area contributed by atoms with Crippen molar-refractivity contribution in [1.29, 1.82) is 0 Å². The molecule has 1 fully saturated rings. The Morgan fingerprint density at radius 1 is 1.62 bits per heavy atom. The Labute approximate surface area is 105 Å². The molecule has 0 saturated carbocycles. The molecule has 0 spiro atoms. The maximum Gasteiger partial charge on any atom is 0.138 e. The summed E-state index contributed by atoms with van der Waals surface area (Å²) in [4.78, 5) is 4.35. The Hall–Kier alpha value is -0.420. The lowest BCUT2D eigenvalue weighted by Gasteiger charge is -2.35.